The number of hydrogen-bond donors (Lipinski definition) is 3. The van der Waals surface area contributed by atoms with Gasteiger partial charge < -0.3 is 25.4 Å². The fourth-order valence-corrected chi connectivity index (χ4v) is 5.05. The molecule has 2 aromatic rings. The number of unbranched alkanes of at least 4 members (excludes halogenated alkanes) is 3. The SMILES string of the molecule is CCCC[C@@H](C)N(CCCCCc1ccc(O)c2c1OCC(=O)N2)C(=O)CCNCCc1ccccc1Cl. The second kappa shape index (κ2) is 15.6. The Kier molecular flexibility index (Phi) is 12.2. The van der Waals surface area contributed by atoms with Crippen LogP contribution in [0.1, 0.15) is 69.9 Å². The number of rotatable bonds is 16. The minimum absolute atomic E-state index is 0.0189. The lowest BCUT2D eigenvalue weighted by atomic mass is 10.0. The van der Waals surface area contributed by atoms with Crippen LogP contribution in [0.5, 0.6) is 11.5 Å². The Morgan fingerprint density at radius 2 is 1.92 bits per heavy atom. The number of amides is 2. The molecular formula is C30H42ClN3O4. The van der Waals surface area contributed by atoms with Gasteiger partial charge in [-0.25, -0.2) is 0 Å². The number of phenols is 1. The number of fused-ring (bicyclic) bond motifs is 1. The lowest BCUT2D eigenvalue weighted by Gasteiger charge is -2.30. The third-order valence-corrected chi connectivity index (χ3v) is 7.42. The maximum Gasteiger partial charge on any atom is 0.262 e. The summed E-state index contributed by atoms with van der Waals surface area (Å²) in [6.07, 6.45) is 8.21. The summed E-state index contributed by atoms with van der Waals surface area (Å²) in [5.74, 6) is 0.528. The molecule has 0 bridgehead atoms. The van der Waals surface area contributed by atoms with Gasteiger partial charge in [-0.1, -0.05) is 62.1 Å². The first-order chi connectivity index (χ1) is 18.4. The summed E-state index contributed by atoms with van der Waals surface area (Å²) in [5.41, 5.74) is 2.46. The minimum Gasteiger partial charge on any atom is -0.506 e. The molecule has 1 aliphatic heterocycles. The van der Waals surface area contributed by atoms with E-state index in [0.29, 0.717) is 24.4 Å². The zero-order valence-electron chi connectivity index (χ0n) is 22.7. The number of carbonyl (C=O) groups excluding carboxylic acids is 2. The van der Waals surface area contributed by atoms with Crippen molar-refractivity contribution in [2.75, 3.05) is 31.6 Å². The van der Waals surface area contributed by atoms with E-state index in [1.807, 2.05) is 30.3 Å². The fourth-order valence-electron chi connectivity index (χ4n) is 4.82. The van der Waals surface area contributed by atoms with Crippen LogP contribution < -0.4 is 15.4 Å². The first-order valence-electron chi connectivity index (χ1n) is 13.9. The molecule has 0 saturated carbocycles. The van der Waals surface area contributed by atoms with Gasteiger partial charge in [0.05, 0.1) is 0 Å². The van der Waals surface area contributed by atoms with Gasteiger partial charge in [-0.3, -0.25) is 9.59 Å². The van der Waals surface area contributed by atoms with Crippen LogP contribution >= 0.6 is 11.6 Å². The van der Waals surface area contributed by atoms with Gasteiger partial charge in [-0.2, -0.15) is 0 Å². The predicted octanol–water partition coefficient (Wildman–Crippen LogP) is 5.72. The maximum absolute atomic E-state index is 13.1. The molecule has 0 aliphatic carbocycles. The van der Waals surface area contributed by atoms with E-state index in [4.69, 9.17) is 16.3 Å². The Hall–Kier alpha value is -2.77. The van der Waals surface area contributed by atoms with Crippen LogP contribution in [0.2, 0.25) is 5.02 Å². The highest BCUT2D eigenvalue weighted by Crippen LogP contribution is 2.39. The van der Waals surface area contributed by atoms with E-state index in [1.54, 1.807) is 6.07 Å². The Balaban J connectivity index is 1.43. The standard InChI is InChI=1S/C30H42ClN3O4/c1-3-4-10-22(2)34(28(37)17-19-32-18-16-23-11-7-8-13-25(23)31)20-9-5-6-12-24-14-15-26(35)29-30(24)38-21-27(36)33-29/h7-8,11,13-15,22,32,35H,3-6,9-10,12,16-21H2,1-2H3,(H,33,36)/t22-/m1/s1. The number of phenolic OH excluding ortho intramolecular Hbond substituents is 1. The number of hydrogen-bond acceptors (Lipinski definition) is 5. The summed E-state index contributed by atoms with van der Waals surface area (Å²) < 4.78 is 5.59. The van der Waals surface area contributed by atoms with Crippen molar-refractivity contribution in [2.45, 2.75) is 77.7 Å². The summed E-state index contributed by atoms with van der Waals surface area (Å²) in [4.78, 5) is 26.8. The van der Waals surface area contributed by atoms with Gasteiger partial charge in [0.1, 0.15) is 11.4 Å². The van der Waals surface area contributed by atoms with Gasteiger partial charge in [0.15, 0.2) is 12.4 Å². The molecule has 1 atom stereocenters. The van der Waals surface area contributed by atoms with Crippen molar-refractivity contribution in [3.8, 4) is 11.5 Å². The van der Waals surface area contributed by atoms with Crippen molar-refractivity contribution < 1.29 is 19.4 Å². The summed E-state index contributed by atoms with van der Waals surface area (Å²) in [7, 11) is 0. The average molecular weight is 544 g/mol. The van der Waals surface area contributed by atoms with E-state index in [0.717, 1.165) is 80.6 Å². The zero-order valence-corrected chi connectivity index (χ0v) is 23.5. The van der Waals surface area contributed by atoms with Crippen LogP contribution in [0.3, 0.4) is 0 Å². The third kappa shape index (κ3) is 8.91. The third-order valence-electron chi connectivity index (χ3n) is 7.05. The molecule has 2 aromatic carbocycles. The molecule has 7 nitrogen and oxygen atoms in total. The highest BCUT2D eigenvalue weighted by Gasteiger charge is 2.22. The van der Waals surface area contributed by atoms with Crippen molar-refractivity contribution in [2.24, 2.45) is 0 Å². The number of aromatic hydroxyl groups is 1. The van der Waals surface area contributed by atoms with E-state index in [2.05, 4.69) is 29.4 Å². The van der Waals surface area contributed by atoms with Crippen molar-refractivity contribution in [1.29, 1.82) is 0 Å². The van der Waals surface area contributed by atoms with Gasteiger partial charge in [-0.15, -0.1) is 0 Å². The van der Waals surface area contributed by atoms with Gasteiger partial charge >= 0.3 is 0 Å². The highest BCUT2D eigenvalue weighted by molar-refractivity contribution is 6.31. The number of benzene rings is 2. The molecule has 0 fully saturated rings. The summed E-state index contributed by atoms with van der Waals surface area (Å²) >= 11 is 6.23. The number of nitrogens with zero attached hydrogens (tertiary/aromatic N) is 1. The Bertz CT molecular complexity index is 1060. The van der Waals surface area contributed by atoms with Crippen LogP contribution in [0, 0.1) is 0 Å². The van der Waals surface area contributed by atoms with Crippen molar-refractivity contribution in [1.82, 2.24) is 10.2 Å². The summed E-state index contributed by atoms with van der Waals surface area (Å²) in [5, 5.41) is 16.9. The molecule has 1 aliphatic rings. The minimum atomic E-state index is -0.261. The van der Waals surface area contributed by atoms with Crippen LogP contribution in [0.4, 0.5) is 5.69 Å². The topological polar surface area (TPSA) is 90.9 Å². The second-order valence-electron chi connectivity index (χ2n) is 10.0. The second-order valence-corrected chi connectivity index (χ2v) is 10.4. The highest BCUT2D eigenvalue weighted by atomic mass is 35.5. The smallest absolute Gasteiger partial charge is 0.262 e. The van der Waals surface area contributed by atoms with E-state index in [-0.39, 0.29) is 30.2 Å². The number of nitrogens with one attached hydrogen (secondary N) is 2. The quantitative estimate of drug-likeness (QED) is 0.186. The first-order valence-corrected chi connectivity index (χ1v) is 14.3. The average Bonchev–Trinajstić information content (AvgIpc) is 2.91. The number of ether oxygens (including phenoxy) is 1. The van der Waals surface area contributed by atoms with Crippen LogP contribution in [-0.4, -0.2) is 54.1 Å². The monoisotopic (exact) mass is 543 g/mol. The number of anilines is 1. The van der Waals surface area contributed by atoms with Crippen LogP contribution in [-0.2, 0) is 22.4 Å². The van der Waals surface area contributed by atoms with E-state index >= 15 is 0 Å². The number of aryl methyl sites for hydroxylation is 1. The van der Waals surface area contributed by atoms with Crippen LogP contribution in [0.15, 0.2) is 36.4 Å². The van der Waals surface area contributed by atoms with Gasteiger partial charge in [0.2, 0.25) is 5.91 Å². The van der Waals surface area contributed by atoms with Crippen LogP contribution in [0.25, 0.3) is 0 Å². The molecule has 3 N–H and O–H groups in total. The van der Waals surface area contributed by atoms with Crippen molar-refractivity contribution in [3.05, 3.63) is 52.5 Å². The van der Waals surface area contributed by atoms with Gasteiger partial charge in [0.25, 0.3) is 5.91 Å². The molecule has 208 valence electrons. The summed E-state index contributed by atoms with van der Waals surface area (Å²) in [6.45, 7) is 6.50. The molecule has 1 heterocycles. The molecule has 0 radical (unpaired) electrons. The molecule has 0 saturated heterocycles. The Morgan fingerprint density at radius 1 is 1.11 bits per heavy atom. The normalized spacial score (nSPS) is 13.4. The number of carbonyl (C=O) groups is 2. The molecule has 2 amide bonds. The molecule has 0 unspecified atom stereocenters. The van der Waals surface area contributed by atoms with Crippen molar-refractivity contribution >= 4 is 29.1 Å². The van der Waals surface area contributed by atoms with Crippen molar-refractivity contribution in [3.63, 3.8) is 0 Å². The summed E-state index contributed by atoms with van der Waals surface area (Å²) in [6, 6.07) is 11.5. The van der Waals surface area contributed by atoms with E-state index < -0.39 is 0 Å². The largest absolute Gasteiger partial charge is 0.506 e. The van der Waals surface area contributed by atoms with Gasteiger partial charge in [-0.05, 0) is 68.8 Å². The maximum atomic E-state index is 13.1. The lowest BCUT2D eigenvalue weighted by Crippen LogP contribution is -2.40. The molecule has 0 aromatic heterocycles. The van der Waals surface area contributed by atoms with E-state index in [1.165, 1.54) is 0 Å². The molecule has 3 rings (SSSR count). The Morgan fingerprint density at radius 3 is 2.71 bits per heavy atom. The first kappa shape index (κ1) is 29.8. The molecular weight excluding hydrogens is 502 g/mol. The zero-order chi connectivity index (χ0) is 27.3. The Labute approximate surface area is 231 Å². The molecule has 38 heavy (non-hydrogen) atoms. The van der Waals surface area contributed by atoms with Gasteiger partial charge in [0, 0.05) is 30.6 Å². The predicted molar refractivity (Wildman–Crippen MR) is 153 cm³/mol. The fraction of sp³-hybridized carbons (Fsp3) is 0.533. The molecule has 8 heteroatoms. The number of halogens is 1. The molecule has 0 spiro atoms. The lowest BCUT2D eigenvalue weighted by molar-refractivity contribution is -0.133. The van der Waals surface area contributed by atoms with E-state index in [9.17, 15) is 14.7 Å².